The minimum absolute atomic E-state index is 0.195. The highest BCUT2D eigenvalue weighted by atomic mass is 79.9. The molecule has 2 aromatic carbocycles. The molecule has 1 aliphatic heterocycles. The number of halogens is 2. The fourth-order valence-electron chi connectivity index (χ4n) is 1.99. The zero-order valence-corrected chi connectivity index (χ0v) is 14.0. The number of hydrogen-bond acceptors (Lipinski definition) is 3. The predicted octanol–water partition coefficient (Wildman–Crippen LogP) is 4.24. The fraction of sp³-hybridized carbons (Fsp3) is 0.133. The van der Waals surface area contributed by atoms with Crippen molar-refractivity contribution in [3.63, 3.8) is 0 Å². The summed E-state index contributed by atoms with van der Waals surface area (Å²) in [5.74, 6) is 1.11. The van der Waals surface area contributed by atoms with Gasteiger partial charge in [-0.1, -0.05) is 12.1 Å². The van der Waals surface area contributed by atoms with Gasteiger partial charge in [-0.3, -0.25) is 4.79 Å². The van der Waals surface area contributed by atoms with Crippen molar-refractivity contribution in [2.24, 2.45) is 0 Å². The fourth-order valence-corrected chi connectivity index (χ4v) is 2.88. The van der Waals surface area contributed by atoms with Gasteiger partial charge >= 0.3 is 0 Å². The number of amides is 1. The topological polar surface area (TPSA) is 47.6 Å². The second kappa shape index (κ2) is 6.07. The first-order chi connectivity index (χ1) is 10.1. The van der Waals surface area contributed by atoms with E-state index in [0.717, 1.165) is 8.95 Å². The van der Waals surface area contributed by atoms with Gasteiger partial charge in [-0.2, -0.15) is 0 Å². The average molecular weight is 413 g/mol. The summed E-state index contributed by atoms with van der Waals surface area (Å²) in [6, 6.07) is 10.8. The molecule has 0 bridgehead atoms. The van der Waals surface area contributed by atoms with E-state index in [4.69, 9.17) is 9.47 Å². The molecule has 0 saturated carbocycles. The van der Waals surface area contributed by atoms with E-state index in [1.54, 1.807) is 18.2 Å². The van der Waals surface area contributed by atoms with Crippen molar-refractivity contribution in [1.29, 1.82) is 0 Å². The van der Waals surface area contributed by atoms with E-state index in [-0.39, 0.29) is 5.91 Å². The molecule has 0 unspecified atom stereocenters. The molecule has 2 aromatic rings. The lowest BCUT2D eigenvalue weighted by Crippen LogP contribution is -2.17. The third kappa shape index (κ3) is 3.06. The molecular weight excluding hydrogens is 402 g/mol. The van der Waals surface area contributed by atoms with Gasteiger partial charge < -0.3 is 14.8 Å². The molecule has 6 heteroatoms. The van der Waals surface area contributed by atoms with Crippen LogP contribution in [0.15, 0.2) is 45.3 Å². The lowest BCUT2D eigenvalue weighted by atomic mass is 10.2. The molecule has 1 aliphatic rings. The highest BCUT2D eigenvalue weighted by Crippen LogP contribution is 2.38. The Morgan fingerprint density at radius 1 is 1.00 bits per heavy atom. The van der Waals surface area contributed by atoms with Crippen LogP contribution in [0.25, 0.3) is 0 Å². The highest BCUT2D eigenvalue weighted by molar-refractivity contribution is 9.11. The molecule has 0 aliphatic carbocycles. The predicted molar refractivity (Wildman–Crippen MR) is 87.2 cm³/mol. The first-order valence-electron chi connectivity index (χ1n) is 6.30. The van der Waals surface area contributed by atoms with Crippen LogP contribution in [-0.4, -0.2) is 19.1 Å². The second-order valence-corrected chi connectivity index (χ2v) is 6.12. The SMILES string of the molecule is O=C(Nc1cc2c(cc1Br)OCCO2)c1ccccc1Br. The molecule has 0 aromatic heterocycles. The Morgan fingerprint density at radius 2 is 1.67 bits per heavy atom. The summed E-state index contributed by atoms with van der Waals surface area (Å²) < 4.78 is 12.5. The smallest absolute Gasteiger partial charge is 0.256 e. The number of anilines is 1. The molecule has 0 spiro atoms. The molecule has 4 nitrogen and oxygen atoms in total. The molecule has 21 heavy (non-hydrogen) atoms. The maximum Gasteiger partial charge on any atom is 0.256 e. The van der Waals surface area contributed by atoms with Crippen LogP contribution >= 0.6 is 31.9 Å². The third-order valence-corrected chi connectivity index (χ3v) is 4.35. The first kappa shape index (κ1) is 14.4. The molecule has 1 N–H and O–H groups in total. The van der Waals surface area contributed by atoms with Crippen molar-refractivity contribution in [2.45, 2.75) is 0 Å². The van der Waals surface area contributed by atoms with Gasteiger partial charge in [-0.05, 0) is 44.0 Å². The number of benzene rings is 2. The van der Waals surface area contributed by atoms with Crippen LogP contribution in [0.2, 0.25) is 0 Å². The number of hydrogen-bond donors (Lipinski definition) is 1. The lowest BCUT2D eigenvalue weighted by molar-refractivity contribution is 0.102. The van der Waals surface area contributed by atoms with Gasteiger partial charge in [-0.25, -0.2) is 0 Å². The Kier molecular flexibility index (Phi) is 4.17. The number of nitrogens with one attached hydrogen (secondary N) is 1. The van der Waals surface area contributed by atoms with Gasteiger partial charge in [-0.15, -0.1) is 0 Å². The molecule has 1 heterocycles. The zero-order valence-electron chi connectivity index (χ0n) is 10.9. The van der Waals surface area contributed by atoms with E-state index in [9.17, 15) is 4.79 Å². The molecule has 3 rings (SSSR count). The van der Waals surface area contributed by atoms with Gasteiger partial charge in [0.1, 0.15) is 13.2 Å². The standard InChI is InChI=1S/C15H11Br2NO3/c16-10-4-2-1-3-9(10)15(19)18-12-8-14-13(7-11(12)17)20-5-6-21-14/h1-4,7-8H,5-6H2,(H,18,19). The summed E-state index contributed by atoms with van der Waals surface area (Å²) in [7, 11) is 0. The van der Waals surface area contributed by atoms with Crippen molar-refractivity contribution in [2.75, 3.05) is 18.5 Å². The van der Waals surface area contributed by atoms with Gasteiger partial charge in [0.05, 0.1) is 11.3 Å². The third-order valence-electron chi connectivity index (χ3n) is 3.00. The van der Waals surface area contributed by atoms with E-state index in [0.29, 0.717) is 36.0 Å². The summed E-state index contributed by atoms with van der Waals surface area (Å²) in [6.07, 6.45) is 0. The Labute approximate surface area is 138 Å². The minimum Gasteiger partial charge on any atom is -0.486 e. The van der Waals surface area contributed by atoms with Gasteiger partial charge in [0, 0.05) is 21.1 Å². The Bertz CT molecular complexity index is 703. The number of ether oxygens (including phenoxy) is 2. The number of rotatable bonds is 2. The Hall–Kier alpha value is -1.53. The molecule has 0 atom stereocenters. The quantitative estimate of drug-likeness (QED) is 0.802. The first-order valence-corrected chi connectivity index (χ1v) is 7.89. The Morgan fingerprint density at radius 3 is 2.38 bits per heavy atom. The van der Waals surface area contributed by atoms with Crippen LogP contribution in [0, 0.1) is 0 Å². The van der Waals surface area contributed by atoms with Gasteiger partial charge in [0.2, 0.25) is 0 Å². The maximum absolute atomic E-state index is 12.3. The Balaban J connectivity index is 1.88. The molecule has 108 valence electrons. The second-order valence-electron chi connectivity index (χ2n) is 4.41. The average Bonchev–Trinajstić information content (AvgIpc) is 2.48. The van der Waals surface area contributed by atoms with Crippen molar-refractivity contribution >= 4 is 43.5 Å². The summed E-state index contributed by atoms with van der Waals surface area (Å²) in [4.78, 5) is 12.3. The van der Waals surface area contributed by atoms with Crippen LogP contribution in [0.1, 0.15) is 10.4 Å². The van der Waals surface area contributed by atoms with Crippen LogP contribution in [0.4, 0.5) is 5.69 Å². The lowest BCUT2D eigenvalue weighted by Gasteiger charge is -2.20. The largest absolute Gasteiger partial charge is 0.486 e. The number of carbonyl (C=O) groups excluding carboxylic acids is 1. The molecular formula is C15H11Br2NO3. The molecule has 0 fully saturated rings. The monoisotopic (exact) mass is 411 g/mol. The number of fused-ring (bicyclic) bond motifs is 1. The zero-order chi connectivity index (χ0) is 14.8. The molecule has 1 amide bonds. The normalized spacial score (nSPS) is 12.9. The van der Waals surface area contributed by atoms with Crippen molar-refractivity contribution in [3.05, 3.63) is 50.9 Å². The van der Waals surface area contributed by atoms with Crippen molar-refractivity contribution in [1.82, 2.24) is 0 Å². The molecule has 0 saturated heterocycles. The van der Waals surface area contributed by atoms with E-state index in [1.807, 2.05) is 18.2 Å². The van der Waals surface area contributed by atoms with E-state index in [2.05, 4.69) is 37.2 Å². The minimum atomic E-state index is -0.195. The van der Waals surface area contributed by atoms with Crippen molar-refractivity contribution in [3.8, 4) is 11.5 Å². The van der Waals surface area contributed by atoms with E-state index < -0.39 is 0 Å². The van der Waals surface area contributed by atoms with Crippen LogP contribution in [0.3, 0.4) is 0 Å². The van der Waals surface area contributed by atoms with Crippen LogP contribution < -0.4 is 14.8 Å². The highest BCUT2D eigenvalue weighted by Gasteiger charge is 2.17. The summed E-state index contributed by atoms with van der Waals surface area (Å²) >= 11 is 6.80. The summed E-state index contributed by atoms with van der Waals surface area (Å²) in [5.41, 5.74) is 1.21. The summed E-state index contributed by atoms with van der Waals surface area (Å²) in [6.45, 7) is 1.04. The van der Waals surface area contributed by atoms with Crippen molar-refractivity contribution < 1.29 is 14.3 Å². The van der Waals surface area contributed by atoms with E-state index in [1.165, 1.54) is 0 Å². The van der Waals surface area contributed by atoms with Crippen LogP contribution in [0.5, 0.6) is 11.5 Å². The van der Waals surface area contributed by atoms with Gasteiger partial charge in [0.15, 0.2) is 11.5 Å². The van der Waals surface area contributed by atoms with Crippen LogP contribution in [-0.2, 0) is 0 Å². The van der Waals surface area contributed by atoms with E-state index >= 15 is 0 Å². The molecule has 0 radical (unpaired) electrons. The number of carbonyl (C=O) groups is 1. The summed E-state index contributed by atoms with van der Waals surface area (Å²) in [5, 5.41) is 2.87. The van der Waals surface area contributed by atoms with Gasteiger partial charge in [0.25, 0.3) is 5.91 Å². The maximum atomic E-state index is 12.3.